The highest BCUT2D eigenvalue weighted by molar-refractivity contribution is 6.34. The zero-order valence-electron chi connectivity index (χ0n) is 16.9. The van der Waals surface area contributed by atoms with E-state index in [1.54, 1.807) is 32.4 Å². The van der Waals surface area contributed by atoms with Crippen LogP contribution in [0.2, 0.25) is 0 Å². The molecule has 0 atom stereocenters. The first-order chi connectivity index (χ1) is 14.3. The van der Waals surface area contributed by atoms with E-state index in [1.165, 1.54) is 0 Å². The van der Waals surface area contributed by atoms with Crippen molar-refractivity contribution in [3.8, 4) is 6.07 Å². The molecular formula is C22H21BN6O. The van der Waals surface area contributed by atoms with Crippen LogP contribution in [0.1, 0.15) is 36.2 Å². The van der Waals surface area contributed by atoms with E-state index in [1.807, 2.05) is 24.3 Å². The summed E-state index contributed by atoms with van der Waals surface area (Å²) in [6.45, 7) is 4.87. The Morgan fingerprint density at radius 2 is 2.03 bits per heavy atom. The van der Waals surface area contributed by atoms with Crippen LogP contribution in [-0.4, -0.2) is 34.4 Å². The standard InChI is InChI=1S/C22H21BN6O/c1-22(2,30)15-4-6-20(25-11-15)28-21-17-7-8-29(12-19(17)26-13-27-21)16-5-3-14(10-24)18(23)9-16/h3-6,9,11,13,30H,7-8,12H2,1-2H3,(H,25,26,27,28). The van der Waals surface area contributed by atoms with Gasteiger partial charge in [-0.1, -0.05) is 11.5 Å². The van der Waals surface area contributed by atoms with Gasteiger partial charge in [-0.3, -0.25) is 0 Å². The van der Waals surface area contributed by atoms with E-state index in [-0.39, 0.29) is 0 Å². The van der Waals surface area contributed by atoms with Crippen molar-refractivity contribution < 1.29 is 5.11 Å². The van der Waals surface area contributed by atoms with E-state index in [9.17, 15) is 5.11 Å². The maximum atomic E-state index is 10.1. The third kappa shape index (κ3) is 3.98. The Morgan fingerprint density at radius 1 is 1.20 bits per heavy atom. The minimum absolute atomic E-state index is 0.478. The van der Waals surface area contributed by atoms with Gasteiger partial charge < -0.3 is 15.3 Å². The van der Waals surface area contributed by atoms with Crippen LogP contribution in [0.4, 0.5) is 17.3 Å². The van der Waals surface area contributed by atoms with Crippen LogP contribution in [0.5, 0.6) is 0 Å². The SMILES string of the molecule is [B]c1cc(N2CCc3c(ncnc3Nc3ccc(C(C)(C)O)cn3)C2)ccc1C#N. The molecule has 8 heteroatoms. The fraction of sp³-hybridized carbons (Fsp3) is 0.273. The van der Waals surface area contributed by atoms with Gasteiger partial charge in [-0.25, -0.2) is 15.0 Å². The van der Waals surface area contributed by atoms with Gasteiger partial charge in [-0.05, 0) is 44.5 Å². The molecule has 0 aliphatic carbocycles. The number of hydrogen-bond acceptors (Lipinski definition) is 7. The minimum Gasteiger partial charge on any atom is -0.386 e. The molecule has 1 aromatic carbocycles. The first-order valence-electron chi connectivity index (χ1n) is 9.68. The summed E-state index contributed by atoms with van der Waals surface area (Å²) >= 11 is 0. The Labute approximate surface area is 176 Å². The van der Waals surface area contributed by atoms with Gasteiger partial charge in [-0.2, -0.15) is 5.26 Å². The molecule has 0 saturated carbocycles. The van der Waals surface area contributed by atoms with Gasteiger partial charge >= 0.3 is 0 Å². The maximum Gasteiger partial charge on any atom is 0.138 e. The molecule has 148 valence electrons. The number of rotatable bonds is 4. The Morgan fingerprint density at radius 3 is 2.70 bits per heavy atom. The monoisotopic (exact) mass is 396 g/mol. The number of hydrogen-bond donors (Lipinski definition) is 2. The zero-order valence-corrected chi connectivity index (χ0v) is 16.9. The summed E-state index contributed by atoms with van der Waals surface area (Å²) in [5.41, 5.74) is 3.74. The van der Waals surface area contributed by atoms with Crippen LogP contribution < -0.4 is 15.7 Å². The molecule has 4 rings (SSSR count). The summed E-state index contributed by atoms with van der Waals surface area (Å²) in [5.74, 6) is 1.40. The van der Waals surface area contributed by atoms with Crippen LogP contribution in [0, 0.1) is 11.3 Å². The van der Waals surface area contributed by atoms with E-state index in [0.717, 1.165) is 41.3 Å². The minimum atomic E-state index is -0.933. The lowest BCUT2D eigenvalue weighted by Gasteiger charge is -2.31. The molecule has 0 bridgehead atoms. The van der Waals surface area contributed by atoms with E-state index in [4.69, 9.17) is 13.1 Å². The van der Waals surface area contributed by atoms with Crippen LogP contribution in [0.25, 0.3) is 0 Å². The van der Waals surface area contributed by atoms with Gasteiger partial charge in [0.25, 0.3) is 0 Å². The fourth-order valence-electron chi connectivity index (χ4n) is 3.48. The van der Waals surface area contributed by atoms with E-state index < -0.39 is 5.60 Å². The average molecular weight is 396 g/mol. The van der Waals surface area contributed by atoms with Crippen molar-refractivity contribution in [2.45, 2.75) is 32.4 Å². The smallest absolute Gasteiger partial charge is 0.138 e. The number of benzene rings is 1. The molecular weight excluding hydrogens is 375 g/mol. The lowest BCUT2D eigenvalue weighted by Crippen LogP contribution is -2.32. The summed E-state index contributed by atoms with van der Waals surface area (Å²) in [6, 6.07) is 11.3. The summed E-state index contributed by atoms with van der Waals surface area (Å²) in [5, 5.41) is 22.4. The molecule has 7 nitrogen and oxygen atoms in total. The van der Waals surface area contributed by atoms with E-state index in [0.29, 0.717) is 23.4 Å². The van der Waals surface area contributed by atoms with Crippen molar-refractivity contribution in [3.05, 3.63) is 65.2 Å². The molecule has 0 fully saturated rings. The second kappa shape index (κ2) is 7.77. The number of pyridine rings is 1. The third-order valence-electron chi connectivity index (χ3n) is 5.24. The van der Waals surface area contributed by atoms with Crippen LogP contribution >= 0.6 is 0 Å². The van der Waals surface area contributed by atoms with Crippen LogP contribution in [-0.2, 0) is 18.6 Å². The molecule has 30 heavy (non-hydrogen) atoms. The summed E-state index contributed by atoms with van der Waals surface area (Å²) < 4.78 is 0. The molecule has 3 aromatic rings. The average Bonchev–Trinajstić information content (AvgIpc) is 2.73. The molecule has 1 aliphatic heterocycles. The zero-order chi connectivity index (χ0) is 21.3. The van der Waals surface area contributed by atoms with Gasteiger partial charge in [0.05, 0.1) is 23.9 Å². The number of aromatic nitrogens is 3. The predicted octanol–water partition coefficient (Wildman–Crippen LogP) is 2.07. The van der Waals surface area contributed by atoms with Gasteiger partial charge in [0.2, 0.25) is 0 Å². The van der Waals surface area contributed by atoms with Gasteiger partial charge in [0, 0.05) is 35.1 Å². The largest absolute Gasteiger partial charge is 0.386 e. The number of anilines is 3. The highest BCUT2D eigenvalue weighted by Crippen LogP contribution is 2.28. The van der Waals surface area contributed by atoms with Gasteiger partial charge in [-0.15, -0.1) is 0 Å². The van der Waals surface area contributed by atoms with Crippen molar-refractivity contribution in [2.75, 3.05) is 16.8 Å². The van der Waals surface area contributed by atoms with Gasteiger partial charge in [0.1, 0.15) is 25.8 Å². The first kappa shape index (κ1) is 19.9. The van der Waals surface area contributed by atoms with Crippen LogP contribution in [0.3, 0.4) is 0 Å². The molecule has 0 saturated heterocycles. The normalized spacial score (nSPS) is 13.5. The highest BCUT2D eigenvalue weighted by atomic mass is 16.3. The lowest BCUT2D eigenvalue weighted by molar-refractivity contribution is 0.0782. The third-order valence-corrected chi connectivity index (χ3v) is 5.24. The van der Waals surface area contributed by atoms with Crippen molar-refractivity contribution in [1.82, 2.24) is 15.0 Å². The molecule has 2 N–H and O–H groups in total. The number of nitrogens with zero attached hydrogens (tertiary/aromatic N) is 5. The van der Waals surface area contributed by atoms with Crippen molar-refractivity contribution >= 4 is 30.6 Å². The molecule has 2 aromatic heterocycles. The molecule has 1 aliphatic rings. The Bertz CT molecular complexity index is 1120. The Hall–Kier alpha value is -3.44. The number of fused-ring (bicyclic) bond motifs is 1. The van der Waals surface area contributed by atoms with Crippen LogP contribution in [0.15, 0.2) is 42.9 Å². The molecule has 0 amide bonds. The number of nitrogens with one attached hydrogen (secondary N) is 1. The van der Waals surface area contributed by atoms with Crippen molar-refractivity contribution in [2.24, 2.45) is 0 Å². The van der Waals surface area contributed by atoms with Gasteiger partial charge in [0.15, 0.2) is 0 Å². The highest BCUT2D eigenvalue weighted by Gasteiger charge is 2.22. The summed E-state index contributed by atoms with van der Waals surface area (Å²) in [4.78, 5) is 15.5. The quantitative estimate of drug-likeness (QED) is 0.652. The maximum absolute atomic E-state index is 10.1. The molecule has 0 unspecified atom stereocenters. The first-order valence-corrected chi connectivity index (χ1v) is 9.68. The second-order valence-corrected chi connectivity index (χ2v) is 7.82. The molecule has 3 heterocycles. The molecule has 2 radical (unpaired) electrons. The molecule has 0 spiro atoms. The summed E-state index contributed by atoms with van der Waals surface area (Å²) in [7, 11) is 5.97. The Balaban J connectivity index is 1.54. The summed E-state index contributed by atoms with van der Waals surface area (Å²) in [6.07, 6.45) is 3.97. The second-order valence-electron chi connectivity index (χ2n) is 7.82. The number of nitriles is 1. The van der Waals surface area contributed by atoms with Crippen molar-refractivity contribution in [1.29, 1.82) is 5.26 Å². The predicted molar refractivity (Wildman–Crippen MR) is 116 cm³/mol. The van der Waals surface area contributed by atoms with Crippen molar-refractivity contribution in [3.63, 3.8) is 0 Å². The topological polar surface area (TPSA) is 98.0 Å². The Kier molecular flexibility index (Phi) is 5.14. The number of aliphatic hydroxyl groups is 1. The van der Waals surface area contributed by atoms with E-state index in [2.05, 4.69) is 31.2 Å². The van der Waals surface area contributed by atoms with E-state index >= 15 is 0 Å². The lowest BCUT2D eigenvalue weighted by atomic mass is 9.90. The fourth-order valence-corrected chi connectivity index (χ4v) is 3.48.